The van der Waals surface area contributed by atoms with E-state index in [2.05, 4.69) is 15.3 Å². The topological polar surface area (TPSA) is 57.8 Å². The molecule has 22 heavy (non-hydrogen) atoms. The first-order chi connectivity index (χ1) is 10.6. The van der Waals surface area contributed by atoms with Crippen LogP contribution in [0.4, 0.5) is 0 Å². The molecule has 1 unspecified atom stereocenters. The zero-order chi connectivity index (χ0) is 15.7. The number of H-pyrrole nitrogens is 1. The van der Waals surface area contributed by atoms with Crippen LogP contribution in [0.1, 0.15) is 29.1 Å². The molecule has 1 amide bonds. The van der Waals surface area contributed by atoms with Gasteiger partial charge in [0, 0.05) is 0 Å². The van der Waals surface area contributed by atoms with Crippen LogP contribution in [0.2, 0.25) is 10.0 Å². The molecule has 2 N–H and O–H groups in total. The molecule has 0 saturated heterocycles. The quantitative estimate of drug-likeness (QED) is 0.748. The summed E-state index contributed by atoms with van der Waals surface area (Å²) >= 11 is 12.0. The third kappa shape index (κ3) is 2.80. The molecule has 1 aromatic heterocycles. The van der Waals surface area contributed by atoms with Crippen LogP contribution in [0, 0.1) is 0 Å². The number of carbonyl (C=O) groups excluding carboxylic acids is 1. The van der Waals surface area contributed by atoms with Crippen LogP contribution in [0.25, 0.3) is 11.0 Å². The molecule has 0 aliphatic rings. The molecule has 0 aliphatic heterocycles. The van der Waals surface area contributed by atoms with Crippen LogP contribution in [0.5, 0.6) is 0 Å². The van der Waals surface area contributed by atoms with Crippen molar-refractivity contribution in [3.8, 4) is 0 Å². The smallest absolute Gasteiger partial charge is 0.253 e. The average molecular weight is 334 g/mol. The lowest BCUT2D eigenvalue weighted by Crippen LogP contribution is -2.27. The van der Waals surface area contributed by atoms with Gasteiger partial charge in [-0.15, -0.1) is 0 Å². The van der Waals surface area contributed by atoms with E-state index in [0.717, 1.165) is 11.0 Å². The number of fused-ring (bicyclic) bond motifs is 1. The first-order valence-electron chi connectivity index (χ1n) is 6.76. The number of nitrogens with zero attached hydrogens (tertiary/aromatic N) is 1. The number of aromatic amines is 1. The molecule has 0 bridgehead atoms. The molecule has 1 heterocycles. The van der Waals surface area contributed by atoms with Crippen LogP contribution in [-0.4, -0.2) is 15.9 Å². The number of nitrogens with one attached hydrogen (secondary N) is 2. The lowest BCUT2D eigenvalue weighted by Gasteiger charge is -2.12. The maximum atomic E-state index is 12.3. The Hall–Kier alpha value is -2.04. The fourth-order valence-electron chi connectivity index (χ4n) is 2.20. The minimum absolute atomic E-state index is 0.249. The van der Waals surface area contributed by atoms with E-state index < -0.39 is 0 Å². The Labute approximate surface area is 137 Å². The van der Waals surface area contributed by atoms with Gasteiger partial charge in [0.15, 0.2) is 0 Å². The van der Waals surface area contributed by atoms with Gasteiger partial charge in [-0.25, -0.2) is 4.98 Å². The highest BCUT2D eigenvalue weighted by molar-refractivity contribution is 6.43. The number of hydrogen-bond donors (Lipinski definition) is 2. The van der Waals surface area contributed by atoms with Crippen molar-refractivity contribution in [2.75, 3.05) is 0 Å². The second kappa shape index (κ2) is 5.99. The summed E-state index contributed by atoms with van der Waals surface area (Å²) in [5.41, 5.74) is 2.14. The second-order valence-electron chi connectivity index (χ2n) is 4.94. The molecule has 4 nitrogen and oxygen atoms in total. The van der Waals surface area contributed by atoms with Crippen molar-refractivity contribution < 1.29 is 4.79 Å². The summed E-state index contributed by atoms with van der Waals surface area (Å²) < 4.78 is 0. The molecular formula is C16H13Cl2N3O. The monoisotopic (exact) mass is 333 g/mol. The van der Waals surface area contributed by atoms with Crippen LogP contribution in [0.15, 0.2) is 42.5 Å². The van der Waals surface area contributed by atoms with Crippen LogP contribution >= 0.6 is 23.2 Å². The Bertz CT molecular complexity index is 811. The van der Waals surface area contributed by atoms with Gasteiger partial charge in [-0.1, -0.05) is 41.4 Å². The van der Waals surface area contributed by atoms with Crippen molar-refractivity contribution >= 4 is 40.1 Å². The molecule has 0 saturated carbocycles. The zero-order valence-electron chi connectivity index (χ0n) is 11.7. The third-order valence-electron chi connectivity index (χ3n) is 3.36. The Balaban J connectivity index is 1.82. The first kappa shape index (κ1) is 14.9. The molecule has 1 atom stereocenters. The molecule has 2 aromatic carbocycles. The van der Waals surface area contributed by atoms with E-state index in [9.17, 15) is 4.79 Å². The van der Waals surface area contributed by atoms with E-state index in [1.807, 2.05) is 31.2 Å². The minimum atomic E-state index is -0.291. The zero-order valence-corrected chi connectivity index (χ0v) is 13.2. The molecule has 3 aromatic rings. The highest BCUT2D eigenvalue weighted by Gasteiger charge is 2.17. The summed E-state index contributed by atoms with van der Waals surface area (Å²) in [5, 5.41) is 3.47. The number of imidazole rings is 1. The first-order valence-corrected chi connectivity index (χ1v) is 7.51. The van der Waals surface area contributed by atoms with E-state index in [4.69, 9.17) is 23.2 Å². The van der Waals surface area contributed by atoms with E-state index in [1.165, 1.54) is 0 Å². The van der Waals surface area contributed by atoms with Crippen molar-refractivity contribution in [2.24, 2.45) is 0 Å². The standard InChI is InChI=1S/C16H13Cl2N3O/c1-9(15-20-12-7-2-3-8-13(12)21-15)19-16(22)10-5-4-6-11(17)14(10)18/h2-9H,1H3,(H,19,22)(H,20,21). The Morgan fingerprint density at radius 2 is 1.95 bits per heavy atom. The largest absolute Gasteiger partial charge is 0.342 e. The summed E-state index contributed by atoms with van der Waals surface area (Å²) in [5.74, 6) is 0.396. The maximum absolute atomic E-state index is 12.3. The van der Waals surface area contributed by atoms with Gasteiger partial charge >= 0.3 is 0 Å². The van der Waals surface area contributed by atoms with Gasteiger partial charge in [0.1, 0.15) is 5.82 Å². The van der Waals surface area contributed by atoms with Gasteiger partial charge in [-0.3, -0.25) is 4.79 Å². The molecule has 112 valence electrons. The van der Waals surface area contributed by atoms with Gasteiger partial charge in [0.25, 0.3) is 5.91 Å². The average Bonchev–Trinajstić information content (AvgIpc) is 2.94. The van der Waals surface area contributed by atoms with Crippen molar-refractivity contribution in [1.82, 2.24) is 15.3 Å². The third-order valence-corrected chi connectivity index (χ3v) is 4.18. The normalized spacial score (nSPS) is 12.3. The number of aromatic nitrogens is 2. The number of hydrogen-bond acceptors (Lipinski definition) is 2. The summed E-state index contributed by atoms with van der Waals surface area (Å²) in [4.78, 5) is 20.0. The molecular weight excluding hydrogens is 321 g/mol. The van der Waals surface area contributed by atoms with E-state index in [1.54, 1.807) is 18.2 Å². The van der Waals surface area contributed by atoms with Crippen molar-refractivity contribution in [1.29, 1.82) is 0 Å². The number of amides is 1. The Kier molecular flexibility index (Phi) is 4.05. The van der Waals surface area contributed by atoms with Crippen LogP contribution in [-0.2, 0) is 0 Å². The molecule has 0 fully saturated rings. The fourth-order valence-corrected chi connectivity index (χ4v) is 2.59. The fraction of sp³-hybridized carbons (Fsp3) is 0.125. The Morgan fingerprint density at radius 1 is 1.18 bits per heavy atom. The predicted molar refractivity (Wildman–Crippen MR) is 88.4 cm³/mol. The summed E-state index contributed by atoms with van der Waals surface area (Å²) in [6.45, 7) is 1.86. The highest BCUT2D eigenvalue weighted by atomic mass is 35.5. The number of benzene rings is 2. The van der Waals surface area contributed by atoms with Gasteiger partial charge < -0.3 is 10.3 Å². The minimum Gasteiger partial charge on any atom is -0.342 e. The lowest BCUT2D eigenvalue weighted by molar-refractivity contribution is 0.0938. The molecule has 3 rings (SSSR count). The van der Waals surface area contributed by atoms with Crippen molar-refractivity contribution in [2.45, 2.75) is 13.0 Å². The molecule has 6 heteroatoms. The predicted octanol–water partition coefficient (Wildman–Crippen LogP) is 4.36. The molecule has 0 aliphatic carbocycles. The van der Waals surface area contributed by atoms with E-state index in [0.29, 0.717) is 16.4 Å². The van der Waals surface area contributed by atoms with Gasteiger partial charge in [0.2, 0.25) is 0 Å². The number of carbonyl (C=O) groups is 1. The van der Waals surface area contributed by atoms with Gasteiger partial charge in [0.05, 0.1) is 32.7 Å². The number of halogens is 2. The Morgan fingerprint density at radius 3 is 2.73 bits per heavy atom. The lowest BCUT2D eigenvalue weighted by atomic mass is 10.2. The summed E-state index contributed by atoms with van der Waals surface area (Å²) in [6, 6.07) is 12.4. The van der Waals surface area contributed by atoms with Gasteiger partial charge in [-0.05, 0) is 31.2 Å². The van der Waals surface area contributed by atoms with Crippen molar-refractivity contribution in [3.05, 3.63) is 63.9 Å². The van der Waals surface area contributed by atoms with Gasteiger partial charge in [-0.2, -0.15) is 0 Å². The van der Waals surface area contributed by atoms with E-state index in [-0.39, 0.29) is 17.0 Å². The molecule has 0 spiro atoms. The summed E-state index contributed by atoms with van der Waals surface area (Å²) in [6.07, 6.45) is 0. The number of para-hydroxylation sites is 2. The number of rotatable bonds is 3. The highest BCUT2D eigenvalue weighted by Crippen LogP contribution is 2.26. The SMILES string of the molecule is CC(NC(=O)c1cccc(Cl)c1Cl)c1nc2ccccc2[nH]1. The van der Waals surface area contributed by atoms with E-state index >= 15 is 0 Å². The van der Waals surface area contributed by atoms with Crippen molar-refractivity contribution in [3.63, 3.8) is 0 Å². The summed E-state index contributed by atoms with van der Waals surface area (Å²) in [7, 11) is 0. The van der Waals surface area contributed by atoms with Crippen LogP contribution < -0.4 is 5.32 Å². The second-order valence-corrected chi connectivity index (χ2v) is 5.72. The van der Waals surface area contributed by atoms with Crippen LogP contribution in [0.3, 0.4) is 0 Å². The molecule has 0 radical (unpaired) electrons. The maximum Gasteiger partial charge on any atom is 0.253 e.